The third-order valence-electron chi connectivity index (χ3n) is 1.60. The number of hydrogen-bond donors (Lipinski definition) is 2. The number of hydrogen-bond acceptors (Lipinski definition) is 2. The average Bonchev–Trinajstić information content (AvgIpc) is 2.09. The summed E-state index contributed by atoms with van der Waals surface area (Å²) >= 11 is 4.10. The zero-order chi connectivity index (χ0) is 8.81. The van der Waals surface area contributed by atoms with Gasteiger partial charge in [0, 0.05) is 18.8 Å². The second-order valence-corrected chi connectivity index (χ2v) is 3.09. The zero-order valence-electron chi connectivity index (χ0n) is 6.96. The lowest BCUT2D eigenvalue weighted by molar-refractivity contribution is 0.733. The summed E-state index contributed by atoms with van der Waals surface area (Å²) in [7, 11) is 5.55. The fourth-order valence-corrected chi connectivity index (χ4v) is 1.11. The molecule has 12 heavy (non-hydrogen) atoms. The number of nitrogens with one attached hydrogen (secondary N) is 1. The second-order valence-electron chi connectivity index (χ2n) is 2.64. The van der Waals surface area contributed by atoms with Gasteiger partial charge in [-0.1, -0.05) is 29.7 Å². The minimum atomic E-state index is 0.813. The predicted molar refractivity (Wildman–Crippen MR) is 57.4 cm³/mol. The van der Waals surface area contributed by atoms with Gasteiger partial charge in [-0.25, -0.2) is 0 Å². The first kappa shape index (κ1) is 9.68. The third kappa shape index (κ3) is 3.33. The molecule has 1 aromatic carbocycles. The summed E-state index contributed by atoms with van der Waals surface area (Å²) in [5, 5.41) is 3.25. The first-order valence-electron chi connectivity index (χ1n) is 3.99. The normalized spacial score (nSPS) is 10.1. The van der Waals surface area contributed by atoms with Crippen LogP contribution in [0.2, 0.25) is 0 Å². The van der Waals surface area contributed by atoms with E-state index in [4.69, 9.17) is 7.85 Å². The second kappa shape index (κ2) is 5.28. The number of benzene rings is 1. The van der Waals surface area contributed by atoms with Crippen molar-refractivity contribution in [2.24, 2.45) is 0 Å². The van der Waals surface area contributed by atoms with Crippen molar-refractivity contribution in [1.29, 1.82) is 0 Å². The molecule has 0 fully saturated rings. The van der Waals surface area contributed by atoms with Gasteiger partial charge >= 0.3 is 0 Å². The van der Waals surface area contributed by atoms with Gasteiger partial charge in [-0.3, -0.25) is 0 Å². The van der Waals surface area contributed by atoms with E-state index in [0.29, 0.717) is 0 Å². The zero-order valence-corrected chi connectivity index (χ0v) is 7.85. The summed E-state index contributed by atoms with van der Waals surface area (Å²) in [5.41, 5.74) is 2.07. The molecule has 0 aliphatic carbocycles. The molecule has 0 spiro atoms. The predicted octanol–water partition coefficient (Wildman–Crippen LogP) is 0.500. The van der Waals surface area contributed by atoms with Crippen LogP contribution in [0.25, 0.3) is 0 Å². The van der Waals surface area contributed by atoms with E-state index >= 15 is 0 Å². The molecular weight excluding hydrogens is 165 g/mol. The van der Waals surface area contributed by atoms with Gasteiger partial charge in [0.15, 0.2) is 0 Å². The molecule has 0 amide bonds. The lowest BCUT2D eigenvalue weighted by atomic mass is 9.95. The minimum Gasteiger partial charge on any atom is -0.312 e. The Morgan fingerprint density at radius 3 is 2.50 bits per heavy atom. The van der Waals surface area contributed by atoms with E-state index in [2.05, 4.69) is 17.9 Å². The van der Waals surface area contributed by atoms with Crippen LogP contribution in [-0.4, -0.2) is 20.1 Å². The summed E-state index contributed by atoms with van der Waals surface area (Å²) in [6.07, 6.45) is 0. The molecule has 0 unspecified atom stereocenters. The molecule has 0 aromatic heterocycles. The Bertz CT molecular complexity index is 222. The summed E-state index contributed by atoms with van der Waals surface area (Å²) in [6.45, 7) is 1.83. The Morgan fingerprint density at radius 2 is 1.92 bits per heavy atom. The van der Waals surface area contributed by atoms with Crippen LogP contribution >= 0.6 is 12.6 Å². The quantitative estimate of drug-likeness (QED) is 0.387. The molecule has 0 aliphatic heterocycles. The van der Waals surface area contributed by atoms with Crippen molar-refractivity contribution in [2.75, 3.05) is 12.3 Å². The smallest absolute Gasteiger partial charge is 0.113 e. The van der Waals surface area contributed by atoms with E-state index in [-0.39, 0.29) is 0 Å². The standard InChI is InChI=1S/C9H12BNS/c10-9-3-1-8(2-4-9)7-11-5-6-12/h1-4,11-12H,5-7H2. The molecule has 0 aliphatic rings. The third-order valence-corrected chi connectivity index (χ3v) is 1.82. The molecule has 2 radical (unpaired) electrons. The molecule has 0 heterocycles. The first-order chi connectivity index (χ1) is 5.83. The van der Waals surface area contributed by atoms with Crippen molar-refractivity contribution in [2.45, 2.75) is 6.54 Å². The van der Waals surface area contributed by atoms with Crippen molar-refractivity contribution in [3.63, 3.8) is 0 Å². The van der Waals surface area contributed by atoms with Gasteiger partial charge < -0.3 is 5.32 Å². The molecule has 0 saturated carbocycles. The molecule has 1 rings (SSSR count). The lowest BCUT2D eigenvalue weighted by Crippen LogP contribution is -2.16. The maximum atomic E-state index is 5.55. The summed E-state index contributed by atoms with van der Waals surface area (Å²) in [4.78, 5) is 0. The van der Waals surface area contributed by atoms with Crippen LogP contribution in [0.15, 0.2) is 24.3 Å². The molecule has 3 heteroatoms. The summed E-state index contributed by atoms with van der Waals surface area (Å²) in [5.74, 6) is 0.870. The average molecular weight is 177 g/mol. The SMILES string of the molecule is [B]c1ccc(CNCCS)cc1. The van der Waals surface area contributed by atoms with Crippen molar-refractivity contribution in [1.82, 2.24) is 5.32 Å². The van der Waals surface area contributed by atoms with Crippen LogP contribution in [0.4, 0.5) is 0 Å². The van der Waals surface area contributed by atoms with Gasteiger partial charge in [0.1, 0.15) is 7.85 Å². The highest BCUT2D eigenvalue weighted by molar-refractivity contribution is 7.80. The van der Waals surface area contributed by atoms with Gasteiger partial charge in [0.2, 0.25) is 0 Å². The van der Waals surface area contributed by atoms with E-state index in [1.165, 1.54) is 5.56 Å². The summed E-state index contributed by atoms with van der Waals surface area (Å²) < 4.78 is 0. The largest absolute Gasteiger partial charge is 0.312 e. The molecule has 1 nitrogen and oxygen atoms in total. The van der Waals surface area contributed by atoms with Gasteiger partial charge in [0.05, 0.1) is 0 Å². The van der Waals surface area contributed by atoms with Crippen LogP contribution in [0, 0.1) is 0 Å². The number of thiol groups is 1. The molecule has 1 N–H and O–H groups in total. The molecule has 0 saturated heterocycles. The van der Waals surface area contributed by atoms with Crippen LogP contribution in [0.3, 0.4) is 0 Å². The molecular formula is C9H12BNS. The Balaban J connectivity index is 2.37. The van der Waals surface area contributed by atoms with Crippen molar-refractivity contribution < 1.29 is 0 Å². The van der Waals surface area contributed by atoms with E-state index in [9.17, 15) is 0 Å². The van der Waals surface area contributed by atoms with Gasteiger partial charge in [-0.2, -0.15) is 12.6 Å². The molecule has 62 valence electrons. The van der Waals surface area contributed by atoms with Crippen molar-refractivity contribution >= 4 is 25.9 Å². The Morgan fingerprint density at radius 1 is 1.25 bits per heavy atom. The van der Waals surface area contributed by atoms with Crippen LogP contribution < -0.4 is 10.8 Å². The minimum absolute atomic E-state index is 0.813. The maximum absolute atomic E-state index is 5.55. The fraction of sp³-hybridized carbons (Fsp3) is 0.333. The highest BCUT2D eigenvalue weighted by Gasteiger charge is 1.90. The molecule has 1 aromatic rings. The van der Waals surface area contributed by atoms with Crippen LogP contribution in [0.1, 0.15) is 5.56 Å². The van der Waals surface area contributed by atoms with Gasteiger partial charge in [-0.05, 0) is 5.56 Å². The van der Waals surface area contributed by atoms with E-state index in [1.54, 1.807) is 0 Å². The Hall–Kier alpha value is -0.405. The van der Waals surface area contributed by atoms with Crippen LogP contribution in [0.5, 0.6) is 0 Å². The number of rotatable bonds is 4. The van der Waals surface area contributed by atoms with Crippen molar-refractivity contribution in [3.05, 3.63) is 29.8 Å². The van der Waals surface area contributed by atoms with Gasteiger partial charge in [-0.15, -0.1) is 0 Å². The highest BCUT2D eigenvalue weighted by Crippen LogP contribution is 1.94. The van der Waals surface area contributed by atoms with Crippen molar-refractivity contribution in [3.8, 4) is 0 Å². The first-order valence-corrected chi connectivity index (χ1v) is 4.62. The topological polar surface area (TPSA) is 12.0 Å². The lowest BCUT2D eigenvalue weighted by Gasteiger charge is -2.02. The summed E-state index contributed by atoms with van der Waals surface area (Å²) in [6, 6.07) is 7.89. The van der Waals surface area contributed by atoms with E-state index < -0.39 is 0 Å². The molecule has 0 atom stereocenters. The van der Waals surface area contributed by atoms with E-state index in [1.807, 2.05) is 24.3 Å². The molecule has 0 bridgehead atoms. The Labute approximate surface area is 80.4 Å². The highest BCUT2D eigenvalue weighted by atomic mass is 32.1. The monoisotopic (exact) mass is 177 g/mol. The maximum Gasteiger partial charge on any atom is 0.113 e. The fourth-order valence-electron chi connectivity index (χ4n) is 0.947. The van der Waals surface area contributed by atoms with Crippen LogP contribution in [-0.2, 0) is 6.54 Å². The van der Waals surface area contributed by atoms with E-state index in [0.717, 1.165) is 24.3 Å². The van der Waals surface area contributed by atoms with Gasteiger partial charge in [0.25, 0.3) is 0 Å². The Kier molecular flexibility index (Phi) is 4.26.